The highest BCUT2D eigenvalue weighted by Gasteiger charge is 2.18. The first-order chi connectivity index (χ1) is 11.0. The number of carbonyl (C=O) groups is 1. The second kappa shape index (κ2) is 5.69. The van der Waals surface area contributed by atoms with Crippen LogP contribution in [0.15, 0.2) is 65.7 Å². The minimum Gasteiger partial charge on any atom is -0.377 e. The molecule has 0 radical (unpaired) electrons. The van der Waals surface area contributed by atoms with Gasteiger partial charge in [0.05, 0.1) is 0 Å². The second-order valence-corrected chi connectivity index (χ2v) is 6.30. The van der Waals surface area contributed by atoms with Crippen LogP contribution in [-0.2, 0) is 10.1 Å². The van der Waals surface area contributed by atoms with Crippen LogP contribution < -0.4 is 9.92 Å². The summed E-state index contributed by atoms with van der Waals surface area (Å²) in [5, 5.41) is 0.768. The van der Waals surface area contributed by atoms with Crippen LogP contribution in [0.5, 0.6) is 5.75 Å². The Kier molecular flexibility index (Phi) is 3.71. The Bertz CT molecular complexity index is 977. The highest BCUT2D eigenvalue weighted by molar-refractivity contribution is 7.87. The maximum Gasteiger partial charge on any atom is 0.339 e. The molecular weight excluding hydrogens is 316 g/mol. The number of aromatic nitrogens is 1. The van der Waals surface area contributed by atoms with Gasteiger partial charge < -0.3 is 9.92 Å². The van der Waals surface area contributed by atoms with Gasteiger partial charge in [-0.25, -0.2) is 0 Å². The summed E-state index contributed by atoms with van der Waals surface area (Å²) in [4.78, 5) is 15.1. The molecule has 0 aliphatic heterocycles. The van der Waals surface area contributed by atoms with Gasteiger partial charge in [0.15, 0.2) is 5.75 Å². The number of amides is 1. The van der Waals surface area contributed by atoms with Crippen LogP contribution in [0.1, 0.15) is 10.4 Å². The molecule has 1 aromatic heterocycles. The van der Waals surface area contributed by atoms with E-state index in [0.29, 0.717) is 5.52 Å². The number of primary amides is 1. The lowest BCUT2D eigenvalue weighted by molar-refractivity contribution is 0.1000. The first-order valence-corrected chi connectivity index (χ1v) is 8.06. The Morgan fingerprint density at radius 1 is 1.00 bits per heavy atom. The van der Waals surface area contributed by atoms with Crippen molar-refractivity contribution in [1.82, 2.24) is 4.98 Å². The minimum absolute atomic E-state index is 0.0737. The maximum absolute atomic E-state index is 12.4. The van der Waals surface area contributed by atoms with Crippen molar-refractivity contribution >= 4 is 26.9 Å². The van der Waals surface area contributed by atoms with Crippen molar-refractivity contribution < 1.29 is 17.4 Å². The van der Waals surface area contributed by atoms with Gasteiger partial charge in [-0.3, -0.25) is 9.78 Å². The Balaban J connectivity index is 1.98. The molecule has 7 heteroatoms. The van der Waals surface area contributed by atoms with Gasteiger partial charge in [0.1, 0.15) is 10.4 Å². The van der Waals surface area contributed by atoms with Gasteiger partial charge in [-0.1, -0.05) is 18.2 Å². The van der Waals surface area contributed by atoms with Gasteiger partial charge in [0, 0.05) is 17.1 Å². The first-order valence-electron chi connectivity index (χ1n) is 6.65. The van der Waals surface area contributed by atoms with Crippen molar-refractivity contribution in [2.24, 2.45) is 5.73 Å². The number of hydrogen-bond acceptors (Lipinski definition) is 5. The molecule has 2 aromatic carbocycles. The molecule has 116 valence electrons. The van der Waals surface area contributed by atoms with E-state index >= 15 is 0 Å². The van der Waals surface area contributed by atoms with E-state index in [4.69, 9.17) is 9.92 Å². The van der Waals surface area contributed by atoms with Gasteiger partial charge in [-0.15, -0.1) is 0 Å². The van der Waals surface area contributed by atoms with E-state index in [9.17, 15) is 13.2 Å². The Labute approximate surface area is 132 Å². The molecule has 6 nitrogen and oxygen atoms in total. The van der Waals surface area contributed by atoms with Gasteiger partial charge in [-0.2, -0.15) is 8.42 Å². The summed E-state index contributed by atoms with van der Waals surface area (Å²) in [6, 6.07) is 13.8. The zero-order valence-corrected chi connectivity index (χ0v) is 12.7. The highest BCUT2D eigenvalue weighted by atomic mass is 32.2. The van der Waals surface area contributed by atoms with Crippen LogP contribution in [0.25, 0.3) is 10.9 Å². The standard InChI is InChI=1S/C16H12N2O4S/c17-16(19)12-6-8-13(9-7-12)23(20,21)22-14-5-1-3-11-4-2-10-18-15(11)14/h1-10H,(H2,17,19). The number of fused-ring (bicyclic) bond motifs is 1. The molecule has 2 N–H and O–H groups in total. The molecule has 0 saturated heterocycles. The Morgan fingerprint density at radius 3 is 2.39 bits per heavy atom. The minimum atomic E-state index is -4.04. The van der Waals surface area contributed by atoms with Crippen LogP contribution in [-0.4, -0.2) is 19.3 Å². The molecule has 0 spiro atoms. The average Bonchev–Trinajstić information content (AvgIpc) is 2.55. The van der Waals surface area contributed by atoms with Gasteiger partial charge in [0.25, 0.3) is 0 Å². The number of nitrogens with two attached hydrogens (primary N) is 1. The summed E-state index contributed by atoms with van der Waals surface area (Å²) in [6.45, 7) is 0. The molecule has 0 aliphatic rings. The summed E-state index contributed by atoms with van der Waals surface area (Å²) in [5.41, 5.74) is 5.80. The smallest absolute Gasteiger partial charge is 0.339 e. The average molecular weight is 328 g/mol. The van der Waals surface area contributed by atoms with Crippen molar-refractivity contribution in [2.45, 2.75) is 4.90 Å². The number of benzene rings is 2. The van der Waals surface area contributed by atoms with Crippen molar-refractivity contribution in [3.8, 4) is 5.75 Å². The summed E-state index contributed by atoms with van der Waals surface area (Å²) in [7, 11) is -4.04. The zero-order valence-electron chi connectivity index (χ0n) is 11.8. The number of hydrogen-bond donors (Lipinski definition) is 1. The van der Waals surface area contributed by atoms with Crippen LogP contribution in [0.3, 0.4) is 0 Å². The molecule has 1 heterocycles. The number of para-hydroxylation sites is 1. The number of nitrogens with zero attached hydrogens (tertiary/aromatic N) is 1. The molecule has 0 saturated carbocycles. The quantitative estimate of drug-likeness (QED) is 0.739. The summed E-state index contributed by atoms with van der Waals surface area (Å²) in [6.07, 6.45) is 1.56. The van der Waals surface area contributed by atoms with Gasteiger partial charge in [0.2, 0.25) is 5.91 Å². The normalized spacial score (nSPS) is 11.3. The SMILES string of the molecule is NC(=O)c1ccc(S(=O)(=O)Oc2cccc3cccnc23)cc1. The largest absolute Gasteiger partial charge is 0.377 e. The molecular formula is C16H12N2O4S. The van der Waals surface area contributed by atoms with Gasteiger partial charge in [-0.05, 0) is 36.4 Å². The maximum atomic E-state index is 12.4. The zero-order chi connectivity index (χ0) is 16.4. The van der Waals surface area contributed by atoms with E-state index in [1.807, 2.05) is 12.1 Å². The molecule has 1 amide bonds. The molecule has 3 aromatic rings. The first kappa shape index (κ1) is 15.0. The van der Waals surface area contributed by atoms with Crippen molar-refractivity contribution in [3.63, 3.8) is 0 Å². The predicted octanol–water partition coefficient (Wildman–Crippen LogP) is 2.10. The van der Waals surface area contributed by atoms with Crippen molar-refractivity contribution in [2.75, 3.05) is 0 Å². The third kappa shape index (κ3) is 3.00. The molecule has 0 fully saturated rings. The fraction of sp³-hybridized carbons (Fsp3) is 0. The van der Waals surface area contributed by atoms with Crippen molar-refractivity contribution in [1.29, 1.82) is 0 Å². The molecule has 0 bridgehead atoms. The highest BCUT2D eigenvalue weighted by Crippen LogP contribution is 2.26. The lowest BCUT2D eigenvalue weighted by atomic mass is 10.2. The summed E-state index contributed by atoms with van der Waals surface area (Å²) < 4.78 is 29.9. The van der Waals surface area contributed by atoms with E-state index in [1.54, 1.807) is 18.3 Å². The topological polar surface area (TPSA) is 99.4 Å². The fourth-order valence-electron chi connectivity index (χ4n) is 2.10. The second-order valence-electron chi connectivity index (χ2n) is 4.76. The lowest BCUT2D eigenvalue weighted by Gasteiger charge is -2.09. The summed E-state index contributed by atoms with van der Waals surface area (Å²) >= 11 is 0. The van der Waals surface area contributed by atoms with E-state index < -0.39 is 16.0 Å². The number of rotatable bonds is 4. The monoisotopic (exact) mass is 328 g/mol. The Morgan fingerprint density at radius 2 is 1.70 bits per heavy atom. The lowest BCUT2D eigenvalue weighted by Crippen LogP contribution is -2.13. The van der Waals surface area contributed by atoms with Crippen LogP contribution in [0, 0.1) is 0 Å². The molecule has 0 unspecified atom stereocenters. The molecule has 3 rings (SSSR count). The van der Waals surface area contributed by atoms with E-state index in [1.165, 1.54) is 30.3 Å². The third-order valence-corrected chi connectivity index (χ3v) is 4.47. The number of carbonyl (C=O) groups excluding carboxylic acids is 1. The predicted molar refractivity (Wildman–Crippen MR) is 84.5 cm³/mol. The number of pyridine rings is 1. The Hall–Kier alpha value is -2.93. The van der Waals surface area contributed by atoms with Crippen LogP contribution in [0.2, 0.25) is 0 Å². The van der Waals surface area contributed by atoms with Crippen LogP contribution in [0.4, 0.5) is 0 Å². The molecule has 0 aliphatic carbocycles. The van der Waals surface area contributed by atoms with E-state index in [-0.39, 0.29) is 16.2 Å². The van der Waals surface area contributed by atoms with Crippen LogP contribution >= 0.6 is 0 Å². The molecule has 0 atom stereocenters. The fourth-order valence-corrected chi connectivity index (χ4v) is 3.03. The summed E-state index contributed by atoms with van der Waals surface area (Å²) in [5.74, 6) is -0.491. The van der Waals surface area contributed by atoms with E-state index in [0.717, 1.165) is 5.39 Å². The third-order valence-electron chi connectivity index (χ3n) is 3.22. The van der Waals surface area contributed by atoms with Crippen molar-refractivity contribution in [3.05, 3.63) is 66.4 Å². The molecule has 23 heavy (non-hydrogen) atoms. The van der Waals surface area contributed by atoms with Gasteiger partial charge >= 0.3 is 10.1 Å². The van der Waals surface area contributed by atoms with E-state index in [2.05, 4.69) is 4.98 Å².